The summed E-state index contributed by atoms with van der Waals surface area (Å²) < 4.78 is 5.05. The fraction of sp³-hybridized carbons (Fsp3) is 0.316. The van der Waals surface area contributed by atoms with Crippen LogP contribution in [0.25, 0.3) is 0 Å². The fourth-order valence-electron chi connectivity index (χ4n) is 2.33. The number of methoxy groups -OCH3 is 1. The second-order valence-electron chi connectivity index (χ2n) is 5.48. The molecule has 0 bridgehead atoms. The molecule has 3 N–H and O–H groups in total. The van der Waals surface area contributed by atoms with Gasteiger partial charge in [0, 0.05) is 13.1 Å². The van der Waals surface area contributed by atoms with Crippen LogP contribution < -0.4 is 15.4 Å². The van der Waals surface area contributed by atoms with Gasteiger partial charge in [0.2, 0.25) is 0 Å². The van der Waals surface area contributed by atoms with Crippen molar-refractivity contribution in [1.82, 2.24) is 10.6 Å². The van der Waals surface area contributed by atoms with Crippen LogP contribution in [0.4, 0.5) is 0 Å². The zero-order valence-corrected chi connectivity index (χ0v) is 17.2. The molecule has 0 aromatic heterocycles. The van der Waals surface area contributed by atoms with E-state index in [1.165, 1.54) is 18.2 Å². The molecule has 2 aromatic carbocycles. The number of hydrogen-bond acceptors (Lipinski definition) is 3. The summed E-state index contributed by atoms with van der Waals surface area (Å²) in [5.41, 5.74) is 3.41. The van der Waals surface area contributed by atoms with Gasteiger partial charge in [-0.2, -0.15) is 0 Å². The van der Waals surface area contributed by atoms with Gasteiger partial charge >= 0.3 is 0 Å². The molecule has 0 spiro atoms. The minimum Gasteiger partial charge on any atom is -0.504 e. The van der Waals surface area contributed by atoms with E-state index in [4.69, 9.17) is 4.74 Å². The van der Waals surface area contributed by atoms with Crippen LogP contribution in [0.2, 0.25) is 0 Å². The van der Waals surface area contributed by atoms with Gasteiger partial charge in [0.15, 0.2) is 17.5 Å². The van der Waals surface area contributed by atoms with Gasteiger partial charge in [-0.1, -0.05) is 30.3 Å². The van der Waals surface area contributed by atoms with Crippen LogP contribution >= 0.6 is 24.0 Å². The lowest BCUT2D eigenvalue weighted by atomic mass is 10.1. The number of phenolic OH excluding ortho intramolecular Hbond substituents is 1. The molecule has 0 fully saturated rings. The van der Waals surface area contributed by atoms with Gasteiger partial charge in [-0.3, -0.25) is 0 Å². The third-order valence-electron chi connectivity index (χ3n) is 3.71. The number of benzene rings is 2. The van der Waals surface area contributed by atoms with Gasteiger partial charge in [-0.15, -0.1) is 24.0 Å². The molecule has 0 radical (unpaired) electrons. The van der Waals surface area contributed by atoms with E-state index in [1.807, 2.05) is 25.1 Å². The van der Waals surface area contributed by atoms with Crippen molar-refractivity contribution in [2.45, 2.75) is 26.9 Å². The summed E-state index contributed by atoms with van der Waals surface area (Å²) in [6.45, 7) is 6.10. The predicted octanol–water partition coefficient (Wildman–Crippen LogP) is 3.58. The van der Waals surface area contributed by atoms with Gasteiger partial charge < -0.3 is 20.5 Å². The van der Waals surface area contributed by atoms with Crippen molar-refractivity contribution in [3.8, 4) is 11.5 Å². The van der Waals surface area contributed by atoms with Crippen LogP contribution in [0.5, 0.6) is 11.5 Å². The van der Waals surface area contributed by atoms with Gasteiger partial charge in [-0.05, 0) is 42.7 Å². The average Bonchev–Trinajstić information content (AvgIpc) is 2.58. The number of nitrogens with zero attached hydrogens (tertiary/aromatic N) is 1. The van der Waals surface area contributed by atoms with E-state index in [-0.39, 0.29) is 29.7 Å². The largest absolute Gasteiger partial charge is 0.504 e. The summed E-state index contributed by atoms with van der Waals surface area (Å²) in [6.07, 6.45) is 0. The van der Waals surface area contributed by atoms with Crippen molar-refractivity contribution in [3.63, 3.8) is 0 Å². The Morgan fingerprint density at radius 3 is 2.56 bits per heavy atom. The quantitative estimate of drug-likeness (QED) is 0.354. The van der Waals surface area contributed by atoms with Gasteiger partial charge in [0.05, 0.1) is 13.7 Å². The van der Waals surface area contributed by atoms with E-state index in [0.29, 0.717) is 18.8 Å². The summed E-state index contributed by atoms with van der Waals surface area (Å²) in [4.78, 5) is 4.57. The van der Waals surface area contributed by atoms with Crippen LogP contribution in [0.3, 0.4) is 0 Å². The van der Waals surface area contributed by atoms with E-state index in [1.54, 1.807) is 12.1 Å². The maximum Gasteiger partial charge on any atom is 0.191 e. The first kappa shape index (κ1) is 21.1. The highest BCUT2D eigenvalue weighted by Crippen LogP contribution is 2.26. The van der Waals surface area contributed by atoms with Crippen molar-refractivity contribution < 1.29 is 9.84 Å². The molecular formula is C19H26IN3O2. The molecule has 136 valence electrons. The number of aromatic hydroxyl groups is 1. The lowest BCUT2D eigenvalue weighted by Gasteiger charge is -2.13. The molecule has 5 nitrogen and oxygen atoms in total. The molecule has 0 atom stereocenters. The predicted molar refractivity (Wildman–Crippen MR) is 113 cm³/mol. The number of aryl methyl sites for hydroxylation is 1. The van der Waals surface area contributed by atoms with Crippen molar-refractivity contribution >= 4 is 29.9 Å². The van der Waals surface area contributed by atoms with E-state index < -0.39 is 0 Å². The maximum absolute atomic E-state index is 9.84. The zero-order chi connectivity index (χ0) is 17.4. The minimum absolute atomic E-state index is 0. The number of aliphatic imine (C=N–C) groups is 1. The number of guanidine groups is 1. The lowest BCUT2D eigenvalue weighted by molar-refractivity contribution is 0.373. The number of nitrogens with one attached hydrogen (secondary N) is 2. The Labute approximate surface area is 166 Å². The number of phenols is 1. The van der Waals surface area contributed by atoms with Crippen LogP contribution in [0.15, 0.2) is 47.5 Å². The second-order valence-corrected chi connectivity index (χ2v) is 5.48. The van der Waals surface area contributed by atoms with Crippen molar-refractivity contribution in [2.75, 3.05) is 13.7 Å². The van der Waals surface area contributed by atoms with Crippen LogP contribution in [0.1, 0.15) is 23.6 Å². The molecule has 0 aliphatic carbocycles. The van der Waals surface area contributed by atoms with Crippen LogP contribution in [-0.4, -0.2) is 24.7 Å². The summed E-state index contributed by atoms with van der Waals surface area (Å²) in [6, 6.07) is 13.6. The third-order valence-corrected chi connectivity index (χ3v) is 3.71. The summed E-state index contributed by atoms with van der Waals surface area (Å²) in [5.74, 6) is 1.34. The van der Waals surface area contributed by atoms with Crippen molar-refractivity contribution in [3.05, 3.63) is 59.2 Å². The summed E-state index contributed by atoms with van der Waals surface area (Å²) in [5, 5.41) is 16.4. The Morgan fingerprint density at radius 1 is 1.16 bits per heavy atom. The monoisotopic (exact) mass is 455 g/mol. The standard InChI is InChI=1S/C19H25N3O2.HI/c1-4-20-19(22-13-16-8-6-5-7-14(16)2)21-12-15-9-10-18(24-3)17(23)11-15;/h5-11,23H,4,12-13H2,1-3H3,(H2,20,21,22);1H. The maximum atomic E-state index is 9.84. The Morgan fingerprint density at radius 2 is 1.92 bits per heavy atom. The number of hydrogen-bond donors (Lipinski definition) is 3. The Kier molecular flexibility index (Phi) is 9.12. The van der Waals surface area contributed by atoms with E-state index in [2.05, 4.69) is 34.7 Å². The molecule has 0 amide bonds. The van der Waals surface area contributed by atoms with Gasteiger partial charge in [0.25, 0.3) is 0 Å². The third kappa shape index (κ3) is 6.45. The van der Waals surface area contributed by atoms with Gasteiger partial charge in [0.1, 0.15) is 0 Å². The highest BCUT2D eigenvalue weighted by Gasteiger charge is 2.04. The highest BCUT2D eigenvalue weighted by atomic mass is 127. The van der Waals surface area contributed by atoms with Crippen LogP contribution in [0, 0.1) is 6.92 Å². The highest BCUT2D eigenvalue weighted by molar-refractivity contribution is 14.0. The van der Waals surface area contributed by atoms with Crippen molar-refractivity contribution in [2.24, 2.45) is 4.99 Å². The van der Waals surface area contributed by atoms with Crippen molar-refractivity contribution in [1.29, 1.82) is 0 Å². The molecule has 25 heavy (non-hydrogen) atoms. The Bertz CT molecular complexity index is 705. The molecule has 0 saturated carbocycles. The molecule has 0 aliphatic heterocycles. The number of ether oxygens (including phenoxy) is 1. The molecule has 0 heterocycles. The average molecular weight is 455 g/mol. The summed E-state index contributed by atoms with van der Waals surface area (Å²) in [7, 11) is 1.53. The van der Waals surface area contributed by atoms with E-state index in [9.17, 15) is 5.11 Å². The molecule has 0 saturated heterocycles. The first-order valence-electron chi connectivity index (χ1n) is 8.06. The molecule has 0 unspecified atom stereocenters. The lowest BCUT2D eigenvalue weighted by Crippen LogP contribution is -2.36. The Balaban J connectivity index is 0.00000312. The topological polar surface area (TPSA) is 65.9 Å². The first-order valence-corrected chi connectivity index (χ1v) is 8.06. The molecular weight excluding hydrogens is 429 g/mol. The van der Waals surface area contributed by atoms with Crippen LogP contribution in [-0.2, 0) is 13.1 Å². The summed E-state index contributed by atoms with van der Waals surface area (Å²) >= 11 is 0. The molecule has 2 rings (SSSR count). The minimum atomic E-state index is 0. The fourth-order valence-corrected chi connectivity index (χ4v) is 2.33. The second kappa shape index (κ2) is 10.8. The first-order chi connectivity index (χ1) is 11.6. The Hall–Kier alpha value is -1.96. The molecule has 0 aliphatic rings. The molecule has 6 heteroatoms. The normalized spacial score (nSPS) is 10.8. The van der Waals surface area contributed by atoms with Gasteiger partial charge in [-0.25, -0.2) is 4.99 Å². The van der Waals surface area contributed by atoms with E-state index >= 15 is 0 Å². The number of halogens is 1. The SMILES string of the molecule is CCNC(=NCc1ccc(OC)c(O)c1)NCc1ccccc1C.I. The zero-order valence-electron chi connectivity index (χ0n) is 14.9. The molecule has 2 aromatic rings. The number of rotatable bonds is 6. The van der Waals surface area contributed by atoms with E-state index in [0.717, 1.165) is 18.1 Å². The smallest absolute Gasteiger partial charge is 0.191 e.